The number of nitrogens with zero attached hydrogens (tertiary/aromatic N) is 3. The molecule has 1 N–H and O–H groups in total. The van der Waals surface area contributed by atoms with E-state index in [0.29, 0.717) is 12.1 Å². The Hall–Kier alpha value is -2.95. The molecule has 0 bridgehead atoms. The summed E-state index contributed by atoms with van der Waals surface area (Å²) < 4.78 is 1.74. The van der Waals surface area contributed by atoms with Crippen LogP contribution in [0, 0.1) is 6.92 Å². The molecule has 0 aliphatic heterocycles. The zero-order chi connectivity index (χ0) is 16.2. The van der Waals surface area contributed by atoms with E-state index in [0.717, 1.165) is 22.4 Å². The van der Waals surface area contributed by atoms with Crippen LogP contribution in [0.4, 0.5) is 0 Å². The third-order valence-corrected chi connectivity index (χ3v) is 3.59. The molecule has 1 aromatic carbocycles. The van der Waals surface area contributed by atoms with Crippen molar-refractivity contribution in [3.05, 3.63) is 71.7 Å². The molecule has 5 nitrogen and oxygen atoms in total. The van der Waals surface area contributed by atoms with Gasteiger partial charge in [-0.3, -0.25) is 14.5 Å². The number of rotatable bonds is 4. The van der Waals surface area contributed by atoms with E-state index < -0.39 is 0 Å². The summed E-state index contributed by atoms with van der Waals surface area (Å²) in [4.78, 5) is 16.7. The number of pyridine rings is 1. The van der Waals surface area contributed by atoms with Crippen LogP contribution in [0.3, 0.4) is 0 Å². The zero-order valence-electron chi connectivity index (χ0n) is 13.2. The maximum atomic E-state index is 12.3. The highest BCUT2D eigenvalue weighted by Gasteiger charge is 2.10. The Kier molecular flexibility index (Phi) is 4.19. The molecule has 5 heteroatoms. The van der Waals surface area contributed by atoms with E-state index >= 15 is 0 Å². The van der Waals surface area contributed by atoms with Gasteiger partial charge in [0, 0.05) is 37.1 Å². The third-order valence-electron chi connectivity index (χ3n) is 3.59. The Morgan fingerprint density at radius 2 is 2.13 bits per heavy atom. The van der Waals surface area contributed by atoms with Crippen molar-refractivity contribution >= 4 is 5.91 Å². The van der Waals surface area contributed by atoms with Crippen LogP contribution >= 0.6 is 0 Å². The summed E-state index contributed by atoms with van der Waals surface area (Å²) in [5.41, 5.74) is 4.46. The number of aromatic nitrogens is 3. The Bertz CT molecular complexity index is 838. The summed E-state index contributed by atoms with van der Waals surface area (Å²) in [5.74, 6) is -0.0883. The van der Waals surface area contributed by atoms with Crippen LogP contribution in [0.1, 0.15) is 21.5 Å². The monoisotopic (exact) mass is 306 g/mol. The molecule has 2 aromatic heterocycles. The molecule has 116 valence electrons. The highest BCUT2D eigenvalue weighted by molar-refractivity contribution is 5.94. The maximum absolute atomic E-state index is 12.3. The van der Waals surface area contributed by atoms with Gasteiger partial charge in [-0.2, -0.15) is 5.10 Å². The summed E-state index contributed by atoms with van der Waals surface area (Å²) in [6.07, 6.45) is 5.43. The van der Waals surface area contributed by atoms with Crippen molar-refractivity contribution in [1.29, 1.82) is 0 Å². The van der Waals surface area contributed by atoms with E-state index in [1.165, 1.54) is 0 Å². The molecule has 1 amide bonds. The second-order valence-corrected chi connectivity index (χ2v) is 5.47. The van der Waals surface area contributed by atoms with Gasteiger partial charge < -0.3 is 5.32 Å². The Morgan fingerprint density at radius 3 is 2.87 bits per heavy atom. The molecule has 0 atom stereocenters. The van der Waals surface area contributed by atoms with E-state index in [9.17, 15) is 4.79 Å². The topological polar surface area (TPSA) is 59.8 Å². The van der Waals surface area contributed by atoms with Crippen LogP contribution in [-0.4, -0.2) is 20.7 Å². The fourth-order valence-corrected chi connectivity index (χ4v) is 2.45. The zero-order valence-corrected chi connectivity index (χ0v) is 13.2. The van der Waals surface area contributed by atoms with Crippen molar-refractivity contribution in [2.45, 2.75) is 13.5 Å². The van der Waals surface area contributed by atoms with Gasteiger partial charge in [-0.1, -0.05) is 23.8 Å². The van der Waals surface area contributed by atoms with Crippen molar-refractivity contribution in [2.75, 3.05) is 0 Å². The minimum Gasteiger partial charge on any atom is -0.348 e. The fraction of sp³-hybridized carbons (Fsp3) is 0.167. The number of hydrogen-bond donors (Lipinski definition) is 1. The van der Waals surface area contributed by atoms with Crippen LogP contribution in [-0.2, 0) is 13.6 Å². The lowest BCUT2D eigenvalue weighted by Crippen LogP contribution is -2.23. The largest absolute Gasteiger partial charge is 0.348 e. The van der Waals surface area contributed by atoms with Crippen LogP contribution in [0.15, 0.2) is 55.0 Å². The van der Waals surface area contributed by atoms with Gasteiger partial charge in [0.25, 0.3) is 5.91 Å². The van der Waals surface area contributed by atoms with Crippen LogP contribution in [0.25, 0.3) is 11.3 Å². The predicted octanol–water partition coefficient (Wildman–Crippen LogP) is 2.72. The van der Waals surface area contributed by atoms with Crippen LogP contribution in [0.5, 0.6) is 0 Å². The molecule has 0 spiro atoms. The second kappa shape index (κ2) is 6.44. The highest BCUT2D eigenvalue weighted by Crippen LogP contribution is 2.20. The van der Waals surface area contributed by atoms with Crippen LogP contribution < -0.4 is 5.32 Å². The molecule has 0 fully saturated rings. The van der Waals surface area contributed by atoms with Gasteiger partial charge >= 0.3 is 0 Å². The SMILES string of the molecule is Cc1cccc(C(=O)NCc2cccnc2-c2cnn(C)c2)c1. The van der Waals surface area contributed by atoms with Crippen LogP contribution in [0.2, 0.25) is 0 Å². The van der Waals surface area contributed by atoms with Crippen molar-refractivity contribution in [3.8, 4) is 11.3 Å². The van der Waals surface area contributed by atoms with Crippen molar-refractivity contribution in [1.82, 2.24) is 20.1 Å². The summed E-state index contributed by atoms with van der Waals surface area (Å²) >= 11 is 0. The number of carbonyl (C=O) groups is 1. The molecule has 3 rings (SSSR count). The quantitative estimate of drug-likeness (QED) is 0.806. The molecule has 2 heterocycles. The molecule has 0 aliphatic carbocycles. The second-order valence-electron chi connectivity index (χ2n) is 5.47. The number of benzene rings is 1. The smallest absolute Gasteiger partial charge is 0.251 e. The molecule has 0 unspecified atom stereocenters. The number of nitrogens with one attached hydrogen (secondary N) is 1. The summed E-state index contributed by atoms with van der Waals surface area (Å²) in [7, 11) is 1.87. The Labute approximate surface area is 135 Å². The lowest BCUT2D eigenvalue weighted by molar-refractivity contribution is 0.0951. The molecule has 0 radical (unpaired) electrons. The first-order valence-corrected chi connectivity index (χ1v) is 7.41. The van der Waals surface area contributed by atoms with E-state index in [-0.39, 0.29) is 5.91 Å². The van der Waals surface area contributed by atoms with Gasteiger partial charge in [-0.05, 0) is 30.7 Å². The van der Waals surface area contributed by atoms with Gasteiger partial charge in [-0.25, -0.2) is 0 Å². The molecule has 0 aliphatic rings. The lowest BCUT2D eigenvalue weighted by atomic mass is 10.1. The minimum absolute atomic E-state index is 0.0883. The first-order valence-electron chi connectivity index (χ1n) is 7.41. The predicted molar refractivity (Wildman–Crippen MR) is 88.8 cm³/mol. The molecular weight excluding hydrogens is 288 g/mol. The van der Waals surface area contributed by atoms with E-state index in [2.05, 4.69) is 15.4 Å². The Balaban J connectivity index is 1.77. The number of hydrogen-bond acceptors (Lipinski definition) is 3. The standard InChI is InChI=1S/C18H18N4O/c1-13-5-3-6-14(9-13)18(23)20-10-15-7-4-8-19-17(15)16-11-21-22(2)12-16/h3-9,11-12H,10H2,1-2H3,(H,20,23). The van der Waals surface area contributed by atoms with E-state index in [1.807, 2.05) is 56.6 Å². The Morgan fingerprint density at radius 1 is 1.26 bits per heavy atom. The molecule has 0 saturated carbocycles. The van der Waals surface area contributed by atoms with E-state index in [4.69, 9.17) is 0 Å². The average Bonchev–Trinajstić information content (AvgIpc) is 2.99. The first-order chi connectivity index (χ1) is 11.1. The number of carbonyl (C=O) groups excluding carboxylic acids is 1. The van der Waals surface area contributed by atoms with Gasteiger partial charge in [0.1, 0.15) is 0 Å². The van der Waals surface area contributed by atoms with Crippen molar-refractivity contribution in [2.24, 2.45) is 7.05 Å². The van der Waals surface area contributed by atoms with Crippen molar-refractivity contribution in [3.63, 3.8) is 0 Å². The molecule has 0 saturated heterocycles. The summed E-state index contributed by atoms with van der Waals surface area (Å²) in [6, 6.07) is 11.4. The van der Waals surface area contributed by atoms with Gasteiger partial charge in [0.05, 0.1) is 11.9 Å². The average molecular weight is 306 g/mol. The molecule has 3 aromatic rings. The molecule has 23 heavy (non-hydrogen) atoms. The number of aryl methyl sites for hydroxylation is 2. The van der Waals surface area contributed by atoms with Gasteiger partial charge in [0.2, 0.25) is 0 Å². The van der Waals surface area contributed by atoms with E-state index in [1.54, 1.807) is 17.1 Å². The van der Waals surface area contributed by atoms with Gasteiger partial charge in [-0.15, -0.1) is 0 Å². The fourth-order valence-electron chi connectivity index (χ4n) is 2.45. The minimum atomic E-state index is -0.0883. The molecular formula is C18H18N4O. The lowest BCUT2D eigenvalue weighted by Gasteiger charge is -2.09. The van der Waals surface area contributed by atoms with Gasteiger partial charge in [0.15, 0.2) is 0 Å². The first kappa shape index (κ1) is 15.0. The summed E-state index contributed by atoms with van der Waals surface area (Å²) in [5, 5.41) is 7.13. The number of amides is 1. The third kappa shape index (κ3) is 3.45. The maximum Gasteiger partial charge on any atom is 0.251 e. The normalized spacial score (nSPS) is 10.5. The van der Waals surface area contributed by atoms with Crippen molar-refractivity contribution < 1.29 is 4.79 Å². The highest BCUT2D eigenvalue weighted by atomic mass is 16.1. The summed E-state index contributed by atoms with van der Waals surface area (Å²) in [6.45, 7) is 2.39.